The average molecular weight is 481 g/mol. The maximum atomic E-state index is 13.1. The Hall–Kier alpha value is -1.46. The van der Waals surface area contributed by atoms with E-state index in [0.717, 1.165) is 69.2 Å². The average Bonchev–Trinajstić information content (AvgIpc) is 2.78. The lowest BCUT2D eigenvalue weighted by atomic mass is 9.94. The highest BCUT2D eigenvalue weighted by molar-refractivity contribution is 6.42. The number of hydrogen-bond donors (Lipinski definition) is 0. The number of amides is 1. The summed E-state index contributed by atoms with van der Waals surface area (Å²) in [6.07, 6.45) is 1.82. The standard InChI is InChI=1S/C24H28Cl3N3O/c1-17-2-4-20(25)15-23(17)29-10-12-30(13-11-29)24(31)19-6-8-28(9-7-19)16-18-3-5-21(26)22(27)14-18/h2-5,14-15,19H,6-13,16H2,1H3. The van der Waals surface area contributed by atoms with E-state index in [-0.39, 0.29) is 5.92 Å². The van der Waals surface area contributed by atoms with Gasteiger partial charge in [-0.1, -0.05) is 46.9 Å². The summed E-state index contributed by atoms with van der Waals surface area (Å²) in [6, 6.07) is 11.8. The third kappa shape index (κ3) is 5.48. The van der Waals surface area contributed by atoms with Gasteiger partial charge in [0.2, 0.25) is 5.91 Å². The molecule has 1 amide bonds. The van der Waals surface area contributed by atoms with E-state index in [1.807, 2.05) is 30.3 Å². The van der Waals surface area contributed by atoms with Crippen LogP contribution in [-0.4, -0.2) is 55.0 Å². The van der Waals surface area contributed by atoms with Crippen LogP contribution < -0.4 is 4.90 Å². The molecule has 31 heavy (non-hydrogen) atoms. The summed E-state index contributed by atoms with van der Waals surface area (Å²) < 4.78 is 0. The molecule has 0 unspecified atom stereocenters. The fraction of sp³-hybridized carbons (Fsp3) is 0.458. The monoisotopic (exact) mass is 479 g/mol. The van der Waals surface area contributed by atoms with Crippen LogP contribution in [-0.2, 0) is 11.3 Å². The van der Waals surface area contributed by atoms with Crippen LogP contribution in [0.25, 0.3) is 0 Å². The van der Waals surface area contributed by atoms with Crippen molar-refractivity contribution < 1.29 is 4.79 Å². The minimum Gasteiger partial charge on any atom is -0.368 e. The van der Waals surface area contributed by atoms with E-state index in [1.165, 1.54) is 11.3 Å². The van der Waals surface area contributed by atoms with Crippen LogP contribution in [0, 0.1) is 12.8 Å². The number of nitrogens with zero attached hydrogens (tertiary/aromatic N) is 3. The van der Waals surface area contributed by atoms with Gasteiger partial charge in [-0.25, -0.2) is 0 Å². The number of rotatable bonds is 4. The second-order valence-electron chi connectivity index (χ2n) is 8.54. The number of benzene rings is 2. The maximum absolute atomic E-state index is 13.1. The van der Waals surface area contributed by atoms with Gasteiger partial charge in [0.15, 0.2) is 0 Å². The molecule has 2 aliphatic heterocycles. The molecule has 0 aliphatic carbocycles. The lowest BCUT2D eigenvalue weighted by molar-refractivity contribution is -0.137. The second-order valence-corrected chi connectivity index (χ2v) is 9.79. The first-order valence-electron chi connectivity index (χ1n) is 10.9. The number of hydrogen-bond acceptors (Lipinski definition) is 3. The number of carbonyl (C=O) groups excluding carboxylic acids is 1. The molecule has 0 radical (unpaired) electrons. The molecule has 2 aliphatic rings. The fourth-order valence-corrected chi connectivity index (χ4v) is 5.07. The first-order valence-corrected chi connectivity index (χ1v) is 12.0. The Labute approximate surface area is 199 Å². The number of likely N-dealkylation sites (tertiary alicyclic amines) is 1. The molecular formula is C24H28Cl3N3O. The van der Waals surface area contributed by atoms with E-state index in [9.17, 15) is 4.79 Å². The summed E-state index contributed by atoms with van der Waals surface area (Å²) >= 11 is 18.3. The van der Waals surface area contributed by atoms with Crippen molar-refractivity contribution >= 4 is 46.4 Å². The van der Waals surface area contributed by atoms with Gasteiger partial charge < -0.3 is 9.80 Å². The summed E-state index contributed by atoms with van der Waals surface area (Å²) in [5.41, 5.74) is 3.56. The summed E-state index contributed by atoms with van der Waals surface area (Å²) in [6.45, 7) is 8.05. The number of aryl methyl sites for hydroxylation is 1. The summed E-state index contributed by atoms with van der Waals surface area (Å²) in [4.78, 5) is 19.9. The predicted octanol–water partition coefficient (Wildman–Crippen LogP) is 5.52. The number of piperidine rings is 1. The molecule has 2 saturated heterocycles. The molecule has 2 fully saturated rings. The van der Waals surface area contributed by atoms with Crippen LogP contribution in [0.1, 0.15) is 24.0 Å². The Kier molecular flexibility index (Phi) is 7.33. The first-order chi connectivity index (χ1) is 14.9. The Morgan fingerprint density at radius 2 is 1.61 bits per heavy atom. The molecule has 4 rings (SSSR count). The molecule has 2 aromatic carbocycles. The van der Waals surface area contributed by atoms with E-state index >= 15 is 0 Å². The maximum Gasteiger partial charge on any atom is 0.225 e. The Balaban J connectivity index is 1.26. The Morgan fingerprint density at radius 1 is 0.903 bits per heavy atom. The van der Waals surface area contributed by atoms with Crippen molar-refractivity contribution in [1.29, 1.82) is 0 Å². The van der Waals surface area contributed by atoms with Crippen molar-refractivity contribution in [2.24, 2.45) is 5.92 Å². The number of piperazine rings is 1. The first kappa shape index (κ1) is 22.7. The zero-order valence-corrected chi connectivity index (χ0v) is 20.1. The molecular weight excluding hydrogens is 453 g/mol. The normalized spacial score (nSPS) is 18.5. The molecule has 0 bridgehead atoms. The number of carbonyl (C=O) groups is 1. The smallest absolute Gasteiger partial charge is 0.225 e. The fourth-order valence-electron chi connectivity index (χ4n) is 4.58. The van der Waals surface area contributed by atoms with E-state index < -0.39 is 0 Å². The zero-order valence-electron chi connectivity index (χ0n) is 17.8. The van der Waals surface area contributed by atoms with E-state index in [2.05, 4.69) is 27.7 Å². The van der Waals surface area contributed by atoms with E-state index in [1.54, 1.807) is 0 Å². The topological polar surface area (TPSA) is 26.8 Å². The zero-order chi connectivity index (χ0) is 22.0. The van der Waals surface area contributed by atoms with Crippen molar-refractivity contribution in [3.8, 4) is 0 Å². The minimum atomic E-state index is 0.129. The summed E-state index contributed by atoms with van der Waals surface area (Å²) in [5.74, 6) is 0.446. The molecule has 0 aromatic heterocycles. The molecule has 2 heterocycles. The van der Waals surface area contributed by atoms with Crippen LogP contribution in [0.2, 0.25) is 15.1 Å². The van der Waals surface area contributed by atoms with Crippen molar-refractivity contribution in [1.82, 2.24) is 9.80 Å². The highest BCUT2D eigenvalue weighted by atomic mass is 35.5. The van der Waals surface area contributed by atoms with Gasteiger partial charge >= 0.3 is 0 Å². The molecule has 166 valence electrons. The van der Waals surface area contributed by atoms with E-state index in [0.29, 0.717) is 16.0 Å². The molecule has 4 nitrogen and oxygen atoms in total. The molecule has 0 saturated carbocycles. The third-order valence-corrected chi connectivity index (χ3v) is 7.40. The van der Waals surface area contributed by atoms with E-state index in [4.69, 9.17) is 34.8 Å². The van der Waals surface area contributed by atoms with Crippen molar-refractivity contribution in [2.75, 3.05) is 44.2 Å². The van der Waals surface area contributed by atoms with Crippen molar-refractivity contribution in [3.05, 3.63) is 62.6 Å². The van der Waals surface area contributed by atoms with Gasteiger partial charge in [0.1, 0.15) is 0 Å². The third-order valence-electron chi connectivity index (χ3n) is 6.43. The number of halogens is 3. The number of anilines is 1. The highest BCUT2D eigenvalue weighted by Crippen LogP contribution is 2.28. The minimum absolute atomic E-state index is 0.129. The quantitative estimate of drug-likeness (QED) is 0.577. The molecule has 0 atom stereocenters. The van der Waals surface area contributed by atoms with Crippen LogP contribution in [0.5, 0.6) is 0 Å². The van der Waals surface area contributed by atoms with Gasteiger partial charge in [-0.2, -0.15) is 0 Å². The molecule has 7 heteroatoms. The molecule has 0 spiro atoms. The Morgan fingerprint density at radius 3 is 2.29 bits per heavy atom. The predicted molar refractivity (Wildman–Crippen MR) is 129 cm³/mol. The van der Waals surface area contributed by atoms with Gasteiger partial charge in [0.05, 0.1) is 10.0 Å². The summed E-state index contributed by atoms with van der Waals surface area (Å²) in [5, 5.41) is 1.93. The van der Waals surface area contributed by atoms with Gasteiger partial charge in [0, 0.05) is 49.4 Å². The SMILES string of the molecule is Cc1ccc(Cl)cc1N1CCN(C(=O)C2CCN(Cc3ccc(Cl)c(Cl)c3)CC2)CC1. The van der Waals surface area contributed by atoms with Crippen molar-refractivity contribution in [2.45, 2.75) is 26.3 Å². The molecule has 2 aromatic rings. The largest absolute Gasteiger partial charge is 0.368 e. The van der Waals surface area contributed by atoms with Gasteiger partial charge in [-0.15, -0.1) is 0 Å². The van der Waals surface area contributed by atoms with Crippen LogP contribution in [0.4, 0.5) is 5.69 Å². The lowest BCUT2D eigenvalue weighted by Gasteiger charge is -2.39. The second kappa shape index (κ2) is 9.99. The summed E-state index contributed by atoms with van der Waals surface area (Å²) in [7, 11) is 0. The van der Waals surface area contributed by atoms with Crippen LogP contribution in [0.15, 0.2) is 36.4 Å². The molecule has 0 N–H and O–H groups in total. The van der Waals surface area contributed by atoms with Gasteiger partial charge in [-0.05, 0) is 68.2 Å². The lowest BCUT2D eigenvalue weighted by Crippen LogP contribution is -2.51. The highest BCUT2D eigenvalue weighted by Gasteiger charge is 2.30. The Bertz CT molecular complexity index is 936. The van der Waals surface area contributed by atoms with Gasteiger partial charge in [0.25, 0.3) is 0 Å². The van der Waals surface area contributed by atoms with Crippen LogP contribution >= 0.6 is 34.8 Å². The van der Waals surface area contributed by atoms with Crippen LogP contribution in [0.3, 0.4) is 0 Å². The van der Waals surface area contributed by atoms with Crippen molar-refractivity contribution in [3.63, 3.8) is 0 Å². The van der Waals surface area contributed by atoms with Gasteiger partial charge in [-0.3, -0.25) is 9.69 Å².